The Morgan fingerprint density at radius 3 is 2.84 bits per heavy atom. The van der Waals surface area contributed by atoms with Crippen molar-refractivity contribution in [1.29, 1.82) is 0 Å². The minimum absolute atomic E-state index is 0.132. The van der Waals surface area contributed by atoms with E-state index in [2.05, 4.69) is 27.3 Å². The number of carbonyl (C=O) groups is 1. The first-order chi connectivity index (χ1) is 18.6. The van der Waals surface area contributed by atoms with Gasteiger partial charge < -0.3 is 9.84 Å². The van der Waals surface area contributed by atoms with Crippen molar-refractivity contribution in [3.8, 4) is 11.4 Å². The normalized spacial score (nSPS) is 13.8. The summed E-state index contributed by atoms with van der Waals surface area (Å²) in [5.41, 5.74) is 6.00. The maximum atomic E-state index is 11.8. The van der Waals surface area contributed by atoms with E-state index in [9.17, 15) is 9.90 Å². The van der Waals surface area contributed by atoms with E-state index in [-0.39, 0.29) is 6.42 Å². The van der Waals surface area contributed by atoms with E-state index in [0.29, 0.717) is 6.61 Å². The molecule has 192 valence electrons. The van der Waals surface area contributed by atoms with Gasteiger partial charge in [0.05, 0.1) is 42.7 Å². The molecule has 4 heterocycles. The van der Waals surface area contributed by atoms with Gasteiger partial charge >= 0.3 is 5.97 Å². The Hall–Kier alpha value is -4.53. The van der Waals surface area contributed by atoms with Gasteiger partial charge in [-0.3, -0.25) is 19.4 Å². The Balaban J connectivity index is 1.20. The van der Waals surface area contributed by atoms with Crippen LogP contribution >= 0.6 is 0 Å². The Labute approximate surface area is 219 Å². The number of rotatable bonds is 9. The molecule has 1 unspecified atom stereocenters. The van der Waals surface area contributed by atoms with Crippen molar-refractivity contribution in [3.63, 3.8) is 0 Å². The molecule has 5 aromatic rings. The van der Waals surface area contributed by atoms with Crippen LogP contribution in [0, 0.1) is 0 Å². The second-order valence-electron chi connectivity index (χ2n) is 9.56. The van der Waals surface area contributed by atoms with Gasteiger partial charge in [-0.2, -0.15) is 10.2 Å². The van der Waals surface area contributed by atoms with Crippen molar-refractivity contribution < 1.29 is 14.6 Å². The van der Waals surface area contributed by atoms with E-state index < -0.39 is 12.0 Å². The lowest BCUT2D eigenvalue weighted by molar-refractivity contribution is -0.137. The Kier molecular flexibility index (Phi) is 6.56. The summed E-state index contributed by atoms with van der Waals surface area (Å²) in [6.07, 6.45) is 13.9. The molecule has 6 rings (SSSR count). The summed E-state index contributed by atoms with van der Waals surface area (Å²) in [6, 6.07) is 13.3. The number of aliphatic carboxylic acids is 1. The highest BCUT2D eigenvalue weighted by atomic mass is 16.5. The highest BCUT2D eigenvalue weighted by molar-refractivity contribution is 5.81. The molecule has 0 aliphatic heterocycles. The second-order valence-corrected chi connectivity index (χ2v) is 9.56. The highest BCUT2D eigenvalue weighted by Crippen LogP contribution is 2.29. The van der Waals surface area contributed by atoms with Crippen molar-refractivity contribution in [2.45, 2.75) is 44.6 Å². The molecule has 4 aromatic heterocycles. The molecule has 9 nitrogen and oxygen atoms in total. The van der Waals surface area contributed by atoms with Crippen molar-refractivity contribution >= 4 is 16.9 Å². The van der Waals surface area contributed by atoms with Crippen LogP contribution in [0.5, 0.6) is 5.75 Å². The van der Waals surface area contributed by atoms with Gasteiger partial charge in [0, 0.05) is 41.8 Å². The van der Waals surface area contributed by atoms with Crippen LogP contribution < -0.4 is 4.74 Å². The van der Waals surface area contributed by atoms with E-state index in [1.54, 1.807) is 34.2 Å². The van der Waals surface area contributed by atoms with Crippen LogP contribution in [0.25, 0.3) is 16.6 Å². The fraction of sp³-hybridized carbons (Fsp3) is 0.276. The SMILES string of the molecule is O=C(O)CC(c1cncc(-n2cccn2)c1)n1ncc2cc(OCCc3ccc4c(n3)CCCC4)ccc21. The van der Waals surface area contributed by atoms with Crippen LogP contribution in [0.1, 0.15) is 47.8 Å². The van der Waals surface area contributed by atoms with E-state index >= 15 is 0 Å². The van der Waals surface area contributed by atoms with Gasteiger partial charge in [0.1, 0.15) is 5.75 Å². The average Bonchev–Trinajstić information content (AvgIpc) is 3.62. The molecular formula is C29H28N6O3. The first kappa shape index (κ1) is 23.8. The summed E-state index contributed by atoms with van der Waals surface area (Å²) in [7, 11) is 0. The number of nitrogens with zero attached hydrogens (tertiary/aromatic N) is 6. The third-order valence-electron chi connectivity index (χ3n) is 6.99. The lowest BCUT2D eigenvalue weighted by Gasteiger charge is -2.18. The first-order valence-electron chi connectivity index (χ1n) is 12.9. The van der Waals surface area contributed by atoms with Gasteiger partial charge in [-0.1, -0.05) is 6.07 Å². The predicted octanol–water partition coefficient (Wildman–Crippen LogP) is 4.58. The van der Waals surface area contributed by atoms with Crippen molar-refractivity contribution in [2.24, 2.45) is 0 Å². The van der Waals surface area contributed by atoms with E-state index in [4.69, 9.17) is 9.72 Å². The molecule has 1 atom stereocenters. The van der Waals surface area contributed by atoms with Gasteiger partial charge in [-0.25, -0.2) is 4.68 Å². The number of aryl methyl sites for hydroxylation is 2. The van der Waals surface area contributed by atoms with Gasteiger partial charge in [-0.05, 0) is 73.2 Å². The maximum absolute atomic E-state index is 11.8. The number of carboxylic acid groups (broad SMARTS) is 1. The molecule has 0 fully saturated rings. The molecule has 1 aromatic carbocycles. The fourth-order valence-corrected chi connectivity index (χ4v) is 5.09. The zero-order valence-electron chi connectivity index (χ0n) is 20.9. The van der Waals surface area contributed by atoms with Crippen LogP contribution in [-0.2, 0) is 24.1 Å². The monoisotopic (exact) mass is 508 g/mol. The Bertz CT molecular complexity index is 1580. The number of ether oxygens (including phenoxy) is 1. The summed E-state index contributed by atoms with van der Waals surface area (Å²) in [6.45, 7) is 0.527. The molecule has 1 N–H and O–H groups in total. The molecule has 0 bridgehead atoms. The van der Waals surface area contributed by atoms with E-state index in [0.717, 1.165) is 52.9 Å². The van der Waals surface area contributed by atoms with Gasteiger partial charge in [0.25, 0.3) is 0 Å². The van der Waals surface area contributed by atoms with Crippen LogP contribution in [-0.4, -0.2) is 47.2 Å². The molecule has 0 spiro atoms. The molecule has 9 heteroatoms. The molecule has 38 heavy (non-hydrogen) atoms. The summed E-state index contributed by atoms with van der Waals surface area (Å²) in [4.78, 5) is 21.0. The van der Waals surface area contributed by atoms with Crippen LogP contribution in [0.4, 0.5) is 0 Å². The van der Waals surface area contributed by atoms with E-state index in [1.807, 2.05) is 36.5 Å². The Morgan fingerprint density at radius 2 is 1.97 bits per heavy atom. The summed E-state index contributed by atoms with van der Waals surface area (Å²) >= 11 is 0. The van der Waals surface area contributed by atoms with Crippen molar-refractivity contribution in [3.05, 3.63) is 96.0 Å². The van der Waals surface area contributed by atoms with Gasteiger partial charge in [0.2, 0.25) is 0 Å². The lowest BCUT2D eigenvalue weighted by atomic mass is 9.96. The summed E-state index contributed by atoms with van der Waals surface area (Å²) < 4.78 is 9.48. The predicted molar refractivity (Wildman–Crippen MR) is 142 cm³/mol. The molecule has 0 radical (unpaired) electrons. The summed E-state index contributed by atoms with van der Waals surface area (Å²) in [5.74, 6) is -0.175. The van der Waals surface area contributed by atoms with Crippen molar-refractivity contribution in [1.82, 2.24) is 29.5 Å². The lowest BCUT2D eigenvalue weighted by Crippen LogP contribution is -2.17. The third-order valence-corrected chi connectivity index (χ3v) is 6.99. The number of hydrogen-bond donors (Lipinski definition) is 1. The summed E-state index contributed by atoms with van der Waals surface area (Å²) in [5, 5.41) is 19.4. The number of benzene rings is 1. The molecular weight excluding hydrogens is 480 g/mol. The van der Waals surface area contributed by atoms with Crippen LogP contribution in [0.3, 0.4) is 0 Å². The Morgan fingerprint density at radius 1 is 1.05 bits per heavy atom. The molecule has 1 aliphatic carbocycles. The first-order valence-corrected chi connectivity index (χ1v) is 12.9. The zero-order valence-corrected chi connectivity index (χ0v) is 20.9. The van der Waals surface area contributed by atoms with E-state index in [1.165, 1.54) is 24.1 Å². The largest absolute Gasteiger partial charge is 0.493 e. The minimum Gasteiger partial charge on any atom is -0.493 e. The van der Waals surface area contributed by atoms with Crippen molar-refractivity contribution in [2.75, 3.05) is 6.61 Å². The van der Waals surface area contributed by atoms with Gasteiger partial charge in [0.15, 0.2) is 0 Å². The topological polar surface area (TPSA) is 108 Å². The minimum atomic E-state index is -0.918. The number of pyridine rings is 2. The van der Waals surface area contributed by atoms with Crippen LogP contribution in [0.15, 0.2) is 73.4 Å². The second kappa shape index (κ2) is 10.5. The molecule has 1 aliphatic rings. The fourth-order valence-electron chi connectivity index (χ4n) is 5.09. The zero-order chi connectivity index (χ0) is 25.9. The standard InChI is InChI=1S/C29H28N6O3/c36-29(37)16-28(21-14-24(19-30-17-21)34-12-3-11-31-34)35-27-9-8-25(15-22(27)18-32-35)38-13-10-23-7-6-20-4-1-2-5-26(20)33-23/h3,6-9,11-12,14-15,17-19,28H,1-2,4-5,10,13,16H2,(H,36,37). The number of hydrogen-bond acceptors (Lipinski definition) is 6. The molecule has 0 saturated carbocycles. The molecule has 0 amide bonds. The molecule has 0 saturated heterocycles. The smallest absolute Gasteiger partial charge is 0.305 e. The van der Waals surface area contributed by atoms with Gasteiger partial charge in [-0.15, -0.1) is 0 Å². The average molecular weight is 509 g/mol. The number of aromatic nitrogens is 6. The number of carboxylic acids is 1. The van der Waals surface area contributed by atoms with Crippen LogP contribution in [0.2, 0.25) is 0 Å². The highest BCUT2D eigenvalue weighted by Gasteiger charge is 2.22. The number of fused-ring (bicyclic) bond motifs is 2. The maximum Gasteiger partial charge on any atom is 0.305 e. The third kappa shape index (κ3) is 5.00. The quantitative estimate of drug-likeness (QED) is 0.311.